The van der Waals surface area contributed by atoms with E-state index in [9.17, 15) is 14.9 Å². The molecule has 5 nitrogen and oxygen atoms in total. The summed E-state index contributed by atoms with van der Waals surface area (Å²) in [4.78, 5) is 22.7. The molecular weight excluding hydrogens is 354 g/mol. The number of hydrogen-bond donors (Lipinski definition) is 2. The van der Waals surface area contributed by atoms with Crippen molar-refractivity contribution >= 4 is 39.5 Å². The Morgan fingerprint density at radius 1 is 1.48 bits per heavy atom. The van der Waals surface area contributed by atoms with Crippen molar-refractivity contribution in [3.63, 3.8) is 0 Å². The van der Waals surface area contributed by atoms with Crippen LogP contribution in [0, 0.1) is 11.3 Å². The monoisotopic (exact) mass is 365 g/mol. The van der Waals surface area contributed by atoms with Crippen LogP contribution in [0.1, 0.15) is 17.9 Å². The van der Waals surface area contributed by atoms with Gasteiger partial charge in [0, 0.05) is 16.8 Å². The van der Waals surface area contributed by atoms with Gasteiger partial charge < -0.3 is 11.1 Å². The van der Waals surface area contributed by atoms with Gasteiger partial charge in [-0.05, 0) is 17.7 Å². The summed E-state index contributed by atoms with van der Waals surface area (Å²) in [5.41, 5.74) is 6.46. The average molecular weight is 366 g/mol. The van der Waals surface area contributed by atoms with Gasteiger partial charge in [-0.25, -0.2) is 0 Å². The smallest absolute Gasteiger partial charge is 0.227 e. The second-order valence-corrected chi connectivity index (χ2v) is 6.37. The molecule has 0 bridgehead atoms. The Bertz CT molecular complexity index is 649. The number of nitrogens with two attached hydrogens (primary N) is 1. The highest BCUT2D eigenvalue weighted by atomic mass is 79.9. The highest BCUT2D eigenvalue weighted by Crippen LogP contribution is 2.36. The highest BCUT2D eigenvalue weighted by Gasteiger charge is 2.29. The van der Waals surface area contributed by atoms with E-state index in [2.05, 4.69) is 27.3 Å². The van der Waals surface area contributed by atoms with Crippen molar-refractivity contribution in [1.82, 2.24) is 5.32 Å². The molecule has 0 aliphatic carbocycles. The number of nitrogens with zero attached hydrogens (tertiary/aromatic N) is 1. The van der Waals surface area contributed by atoms with Crippen LogP contribution < -0.4 is 11.1 Å². The molecule has 1 aromatic carbocycles. The van der Waals surface area contributed by atoms with E-state index < -0.39 is 5.91 Å². The van der Waals surface area contributed by atoms with Crippen molar-refractivity contribution in [1.29, 1.82) is 5.26 Å². The fourth-order valence-electron chi connectivity index (χ4n) is 2.06. The minimum absolute atomic E-state index is 0.0217. The number of carbonyl (C=O) groups excluding carboxylic acids is 2. The topological polar surface area (TPSA) is 96.0 Å². The van der Waals surface area contributed by atoms with Gasteiger partial charge in [0.15, 0.2) is 0 Å². The van der Waals surface area contributed by atoms with E-state index in [1.54, 1.807) is 0 Å². The highest BCUT2D eigenvalue weighted by molar-refractivity contribution is 9.10. The summed E-state index contributed by atoms with van der Waals surface area (Å²) in [5.74, 6) is -0.945. The first-order valence-electron chi connectivity index (χ1n) is 6.12. The molecule has 2 rings (SSSR count). The summed E-state index contributed by atoms with van der Waals surface area (Å²) >= 11 is 4.44. The van der Waals surface area contributed by atoms with Crippen LogP contribution in [-0.4, -0.2) is 17.6 Å². The van der Waals surface area contributed by atoms with Crippen molar-refractivity contribution in [2.75, 3.05) is 5.75 Å². The lowest BCUT2D eigenvalue weighted by Crippen LogP contribution is -2.31. The largest absolute Gasteiger partial charge is 0.369 e. The molecule has 21 heavy (non-hydrogen) atoms. The van der Waals surface area contributed by atoms with E-state index in [0.29, 0.717) is 10.6 Å². The van der Waals surface area contributed by atoms with Crippen molar-refractivity contribution in [3.05, 3.63) is 44.9 Å². The molecule has 0 saturated carbocycles. The standard InChI is InChI=1S/C14H12BrN3O2S/c15-9-3-1-8(2-4-9)10-5-13(20)18-14(11(10)6-16)21-7-12(17)19/h1-4,10H,5,7H2,(H2,17,19)(H,18,20). The molecular formula is C14H12BrN3O2S. The molecule has 2 amide bonds. The lowest BCUT2D eigenvalue weighted by molar-refractivity contribution is -0.121. The van der Waals surface area contributed by atoms with E-state index in [1.165, 1.54) is 0 Å². The van der Waals surface area contributed by atoms with Crippen LogP contribution >= 0.6 is 27.7 Å². The average Bonchev–Trinajstić information content (AvgIpc) is 2.45. The molecule has 0 fully saturated rings. The van der Waals surface area contributed by atoms with Gasteiger partial charge in [-0.3, -0.25) is 9.59 Å². The predicted molar refractivity (Wildman–Crippen MR) is 83.9 cm³/mol. The Labute approximate surface area is 134 Å². The SMILES string of the molecule is N#CC1=C(SCC(N)=O)NC(=O)CC1c1ccc(Br)cc1. The van der Waals surface area contributed by atoms with Gasteiger partial charge >= 0.3 is 0 Å². The Balaban J connectivity index is 2.36. The fraction of sp³-hybridized carbons (Fsp3) is 0.214. The molecule has 0 saturated heterocycles. The van der Waals surface area contributed by atoms with E-state index in [-0.39, 0.29) is 24.0 Å². The van der Waals surface area contributed by atoms with Crippen LogP contribution in [0.5, 0.6) is 0 Å². The molecule has 3 N–H and O–H groups in total. The second kappa shape index (κ2) is 6.78. The first-order valence-corrected chi connectivity index (χ1v) is 7.89. The van der Waals surface area contributed by atoms with Gasteiger partial charge in [-0.1, -0.05) is 39.8 Å². The number of allylic oxidation sites excluding steroid dienone is 1. The minimum atomic E-state index is -0.496. The van der Waals surface area contributed by atoms with Crippen LogP contribution in [0.2, 0.25) is 0 Å². The van der Waals surface area contributed by atoms with Gasteiger partial charge in [-0.15, -0.1) is 0 Å². The fourth-order valence-corrected chi connectivity index (χ4v) is 3.14. The number of carbonyl (C=O) groups is 2. The van der Waals surface area contributed by atoms with Gasteiger partial charge in [-0.2, -0.15) is 5.26 Å². The van der Waals surface area contributed by atoms with Gasteiger partial charge in [0.25, 0.3) is 0 Å². The first kappa shape index (κ1) is 15.6. The summed E-state index contributed by atoms with van der Waals surface area (Å²) in [7, 11) is 0. The third-order valence-corrected chi connectivity index (χ3v) is 4.56. The molecule has 108 valence electrons. The van der Waals surface area contributed by atoms with Crippen molar-refractivity contribution < 1.29 is 9.59 Å². The lowest BCUT2D eigenvalue weighted by Gasteiger charge is -2.24. The number of nitrogens with one attached hydrogen (secondary N) is 1. The zero-order valence-corrected chi connectivity index (χ0v) is 13.3. The summed E-state index contributed by atoms with van der Waals surface area (Å²) in [6, 6.07) is 9.63. The zero-order valence-electron chi connectivity index (χ0n) is 10.9. The third-order valence-electron chi connectivity index (χ3n) is 2.99. The van der Waals surface area contributed by atoms with Crippen LogP contribution in [0.25, 0.3) is 0 Å². The number of thioether (sulfide) groups is 1. The van der Waals surface area contributed by atoms with E-state index in [0.717, 1.165) is 21.8 Å². The molecule has 1 aliphatic rings. The third kappa shape index (κ3) is 3.86. The minimum Gasteiger partial charge on any atom is -0.369 e. The van der Waals surface area contributed by atoms with E-state index in [4.69, 9.17) is 5.73 Å². The molecule has 7 heteroatoms. The van der Waals surface area contributed by atoms with Crippen LogP contribution in [-0.2, 0) is 9.59 Å². The van der Waals surface area contributed by atoms with Crippen molar-refractivity contribution in [3.8, 4) is 6.07 Å². The number of hydrogen-bond acceptors (Lipinski definition) is 4. The lowest BCUT2D eigenvalue weighted by atomic mass is 9.87. The summed E-state index contributed by atoms with van der Waals surface area (Å²) in [6.45, 7) is 0. The molecule has 1 heterocycles. The first-order chi connectivity index (χ1) is 10.0. The number of rotatable bonds is 4. The van der Waals surface area contributed by atoms with E-state index >= 15 is 0 Å². The Morgan fingerprint density at radius 2 is 2.14 bits per heavy atom. The normalized spacial score (nSPS) is 18.1. The van der Waals surface area contributed by atoms with Gasteiger partial charge in [0.1, 0.15) is 0 Å². The van der Waals surface area contributed by atoms with Crippen molar-refractivity contribution in [2.45, 2.75) is 12.3 Å². The predicted octanol–water partition coefficient (Wildman–Crippen LogP) is 2.01. The molecule has 1 atom stereocenters. The Kier molecular flexibility index (Phi) is 5.04. The Morgan fingerprint density at radius 3 is 2.71 bits per heavy atom. The van der Waals surface area contributed by atoms with E-state index in [1.807, 2.05) is 24.3 Å². The summed E-state index contributed by atoms with van der Waals surface area (Å²) in [6.07, 6.45) is 0.213. The summed E-state index contributed by atoms with van der Waals surface area (Å²) < 4.78 is 0.928. The molecule has 1 aromatic rings. The van der Waals surface area contributed by atoms with Crippen molar-refractivity contribution in [2.24, 2.45) is 5.73 Å². The molecule has 1 unspecified atom stereocenters. The van der Waals surface area contributed by atoms with Crippen LogP contribution in [0.4, 0.5) is 0 Å². The second-order valence-electron chi connectivity index (χ2n) is 4.47. The number of halogens is 1. The maximum atomic E-state index is 11.8. The molecule has 1 aliphatic heterocycles. The maximum Gasteiger partial charge on any atom is 0.227 e. The number of amides is 2. The Hall–Kier alpha value is -1.78. The number of nitriles is 1. The number of primary amides is 1. The molecule has 0 aromatic heterocycles. The van der Waals surface area contributed by atoms with Gasteiger partial charge in [0.05, 0.1) is 22.4 Å². The summed E-state index contributed by atoms with van der Waals surface area (Å²) in [5, 5.41) is 12.5. The van der Waals surface area contributed by atoms with Crippen LogP contribution in [0.15, 0.2) is 39.3 Å². The molecule has 0 radical (unpaired) electrons. The molecule has 0 spiro atoms. The van der Waals surface area contributed by atoms with Gasteiger partial charge in [0.2, 0.25) is 11.8 Å². The van der Waals surface area contributed by atoms with Crippen LogP contribution in [0.3, 0.4) is 0 Å². The number of benzene rings is 1. The zero-order chi connectivity index (χ0) is 15.4. The quantitative estimate of drug-likeness (QED) is 0.852. The maximum absolute atomic E-state index is 11.8.